The van der Waals surface area contributed by atoms with Gasteiger partial charge in [-0.1, -0.05) is 0 Å². The maximum atomic E-state index is 2.57. The van der Waals surface area contributed by atoms with Crippen LogP contribution in [0.3, 0.4) is 0 Å². The van der Waals surface area contributed by atoms with Crippen LogP contribution in [0.4, 0.5) is 0 Å². The Morgan fingerprint density at radius 2 is 0.962 bits per heavy atom. The van der Waals surface area contributed by atoms with E-state index in [4.69, 9.17) is 0 Å². The molecule has 0 aromatic heterocycles. The molecule has 1 spiro atoms. The molecule has 0 aromatic carbocycles. The van der Waals surface area contributed by atoms with Gasteiger partial charge in [-0.2, -0.15) is 0 Å². The summed E-state index contributed by atoms with van der Waals surface area (Å²) in [5.41, 5.74) is 0. The van der Waals surface area contributed by atoms with E-state index in [1.807, 2.05) is 0 Å². The molecule has 10 fully saturated rings. The van der Waals surface area contributed by atoms with Crippen LogP contribution in [-0.2, 0) is 6.51 Å². The maximum absolute atomic E-state index is 3.56. The topological polar surface area (TPSA) is 0 Å². The molecule has 0 radical (unpaired) electrons. The summed E-state index contributed by atoms with van der Waals surface area (Å²) in [6.07, 6.45) is 16.3. The summed E-state index contributed by atoms with van der Waals surface area (Å²) >= 11 is 0. The van der Waals surface area contributed by atoms with Gasteiger partial charge in [0.2, 0.25) is 0 Å². The van der Waals surface area contributed by atoms with Gasteiger partial charge in [-0.15, -0.1) is 0 Å². The van der Waals surface area contributed by atoms with Gasteiger partial charge < -0.3 is 0 Å². The fourth-order valence-electron chi connectivity index (χ4n) is 25.4. The number of hydrogen-bond acceptors (Lipinski definition) is 0. The normalized spacial score (nSPS) is 93.7. The van der Waals surface area contributed by atoms with Gasteiger partial charge in [-0.3, -0.25) is 0 Å². The quantitative estimate of drug-likeness (QED) is 0.323. The van der Waals surface area contributed by atoms with Gasteiger partial charge in [-0.25, -0.2) is 0 Å². The van der Waals surface area contributed by atoms with Crippen LogP contribution in [0.1, 0.15) is 98.8 Å². The molecule has 8 unspecified atom stereocenters. The monoisotopic (exact) mass is 396 g/mol. The van der Waals surface area contributed by atoms with E-state index in [1.54, 1.807) is 32.1 Å². The van der Waals surface area contributed by atoms with E-state index in [1.165, 1.54) is 56.2 Å². The minimum absolute atomic E-state index is 1.06. The van der Waals surface area contributed by atoms with E-state index in [9.17, 15) is 0 Å². The summed E-state index contributed by atoms with van der Waals surface area (Å²) < 4.78 is 5.41. The standard InChI is InChI=1S/C14H23.C11H17.Fe/c1-4-7-12-10-11-13(8-5-2)14(12)9-6-3;1-3-5-10-7-8-11(9-10)6-4-2;/h10-11H,4-9H2,1-3H3;7-9H,3-6H2,1-2H3;. The SMILES string of the molecule is CCC[C]12[CH]3[CH]4[C]5(CCC)[CH]1[Fe]34251678[CH]2[CH]1[C]6(CCC)[C]7(CCC)[C]28CCC. The van der Waals surface area contributed by atoms with Crippen LogP contribution in [0.2, 0.25) is 45.6 Å². The Kier molecular flexibility index (Phi) is 0.799. The molecule has 0 bridgehead atoms. The van der Waals surface area contributed by atoms with E-state index >= 15 is 0 Å². The van der Waals surface area contributed by atoms with E-state index in [-0.39, 0.29) is 0 Å². The van der Waals surface area contributed by atoms with Crippen LogP contribution in [-0.4, -0.2) is 0 Å². The first kappa shape index (κ1) is 13.7. The molecule has 0 nitrogen and oxygen atoms in total. The summed E-state index contributed by atoms with van der Waals surface area (Å²) in [4.78, 5) is 7.25. The Morgan fingerprint density at radius 1 is 0.538 bits per heavy atom. The van der Waals surface area contributed by atoms with Gasteiger partial charge in [0.1, 0.15) is 0 Å². The third kappa shape index (κ3) is 0.164. The second-order valence-corrected chi connectivity index (χ2v) is 37.3. The van der Waals surface area contributed by atoms with Crippen molar-refractivity contribution in [1.29, 1.82) is 0 Å². The van der Waals surface area contributed by atoms with E-state index < -0.39 is 6.51 Å². The number of rotatable bonds is 10. The van der Waals surface area contributed by atoms with Crippen LogP contribution in [0.15, 0.2) is 0 Å². The molecule has 148 valence electrons. The van der Waals surface area contributed by atoms with Crippen molar-refractivity contribution in [3.8, 4) is 0 Å². The van der Waals surface area contributed by atoms with Gasteiger partial charge >= 0.3 is 151 Å². The van der Waals surface area contributed by atoms with Gasteiger partial charge in [0.15, 0.2) is 0 Å². The molecular weight excluding hydrogens is 356 g/mol. The van der Waals surface area contributed by atoms with Gasteiger partial charge in [-0.05, 0) is 0 Å². The molecule has 0 amide bonds. The molecule has 26 heavy (non-hydrogen) atoms. The molecule has 10 heterocycles. The zero-order valence-electron chi connectivity index (χ0n) is 17.8. The van der Waals surface area contributed by atoms with Gasteiger partial charge in [0.25, 0.3) is 0 Å². The summed E-state index contributed by atoms with van der Waals surface area (Å²) in [6.45, 7) is 9.27. The first-order chi connectivity index (χ1) is 12.4. The third-order valence-electron chi connectivity index (χ3n) is 19.9. The molecule has 10 aliphatic heterocycles. The fourth-order valence-corrected chi connectivity index (χ4v) is 113. The van der Waals surface area contributed by atoms with E-state index in [2.05, 4.69) is 34.6 Å². The molecule has 0 N–H and O–H groups in total. The van der Waals surface area contributed by atoms with Crippen molar-refractivity contribution in [3.63, 3.8) is 0 Å². The van der Waals surface area contributed by atoms with Crippen molar-refractivity contribution in [2.75, 3.05) is 0 Å². The summed E-state index contributed by atoms with van der Waals surface area (Å²) in [5, 5.41) is 0. The zero-order valence-corrected chi connectivity index (χ0v) is 18.9. The molecule has 1 heteroatoms. The molecule has 10 saturated heterocycles. The number of fused-ring (bicyclic) bond motifs is 10. The van der Waals surface area contributed by atoms with E-state index in [0.29, 0.717) is 0 Å². The Balaban J connectivity index is 1.45. The average molecular weight is 396 g/mol. The first-order valence-electron chi connectivity index (χ1n) is 12.6. The van der Waals surface area contributed by atoms with E-state index in [0.717, 1.165) is 21.6 Å². The molecule has 0 aromatic rings. The summed E-state index contributed by atoms with van der Waals surface area (Å²) in [7, 11) is 0. The first-order valence-corrected chi connectivity index (χ1v) is 18.6. The molecule has 10 rings (SSSR count). The fraction of sp³-hybridized carbons (Fsp3) is 1.00. The van der Waals surface area contributed by atoms with Crippen molar-refractivity contribution >= 4 is 0 Å². The number of hydrogen-bond donors (Lipinski definition) is 0. The molecule has 8 atom stereocenters. The second kappa shape index (κ2) is 1.52. The average Bonchev–Trinajstić information content (AvgIpc) is 3.58. The second-order valence-electron chi connectivity index (χ2n) is 14.5. The third-order valence-corrected chi connectivity index (χ3v) is 67.1. The Bertz CT molecular complexity index is 1190. The van der Waals surface area contributed by atoms with Crippen LogP contribution < -0.4 is 0 Å². The van der Waals surface area contributed by atoms with Crippen LogP contribution >= 0.6 is 0 Å². The Hall–Kier alpha value is 0.519. The van der Waals surface area contributed by atoms with Crippen molar-refractivity contribution in [3.05, 3.63) is 0 Å². The zero-order chi connectivity index (χ0) is 17.8. The van der Waals surface area contributed by atoms with Crippen molar-refractivity contribution in [2.24, 2.45) is 0 Å². The molecule has 0 aliphatic carbocycles. The molecule has 10 aliphatic rings. The van der Waals surface area contributed by atoms with Crippen LogP contribution in [0.5, 0.6) is 0 Å². The Morgan fingerprint density at radius 3 is 1.35 bits per heavy atom. The van der Waals surface area contributed by atoms with Gasteiger partial charge in [0, 0.05) is 0 Å². The minimum atomic E-state index is -3.56. The van der Waals surface area contributed by atoms with Gasteiger partial charge in [0.05, 0.1) is 0 Å². The van der Waals surface area contributed by atoms with Crippen molar-refractivity contribution < 1.29 is 6.51 Å². The van der Waals surface area contributed by atoms with Crippen LogP contribution in [0.25, 0.3) is 0 Å². The predicted octanol–water partition coefficient (Wildman–Crippen LogP) is 9.23. The van der Waals surface area contributed by atoms with Crippen molar-refractivity contribution in [1.82, 2.24) is 0 Å². The summed E-state index contributed by atoms with van der Waals surface area (Å²) in [5.74, 6) is 0. The summed E-state index contributed by atoms with van der Waals surface area (Å²) in [6, 6.07) is 0. The molecule has 0 saturated carbocycles. The predicted molar refractivity (Wildman–Crippen MR) is 107 cm³/mol. The van der Waals surface area contributed by atoms with Crippen LogP contribution in [0, 0.1) is 0 Å². The molecular formula is C25H40Fe. The Labute approximate surface area is 150 Å². The van der Waals surface area contributed by atoms with Crippen molar-refractivity contribution in [2.45, 2.75) is 144 Å².